The lowest BCUT2D eigenvalue weighted by Crippen LogP contribution is -2.65. The van der Waals surface area contributed by atoms with Crippen LogP contribution >= 0.6 is 34.8 Å². The number of azide groups is 1. The number of rotatable bonds is 10. The van der Waals surface area contributed by atoms with Crippen LogP contribution in [0.5, 0.6) is 0 Å². The summed E-state index contributed by atoms with van der Waals surface area (Å²) in [6.45, 7) is 3.17. The second kappa shape index (κ2) is 15.3. The molecule has 250 valence electrons. The molecule has 0 saturated carbocycles. The zero-order chi connectivity index (χ0) is 33.6. The fraction of sp³-hybridized carbons (Fsp3) is 0.739. The van der Waals surface area contributed by atoms with E-state index in [2.05, 4.69) is 10.0 Å². The van der Waals surface area contributed by atoms with Gasteiger partial charge in [0.25, 0.3) is 3.79 Å². The molecule has 1 N–H and O–H groups in total. The van der Waals surface area contributed by atoms with Crippen LogP contribution in [0.25, 0.3) is 10.4 Å². The standard InChI is InChI=1S/C23H27Cl3N4O15/c1-7(31)36-5-11-14(38-9(3)33)16(13(29-30-28)19(40-11)45-21(27)23(24,25)26)42-20-18(39-10(4)34)17-15(43-22(35)44-17)12(41-20)6-37-8(2)32/h11-20,27H,5-6H2,1-4H3/t11?,12?,13?,14?,15?,16-,17+,18?,19?,20+/m1/s1. The van der Waals surface area contributed by atoms with Crippen LogP contribution in [0.4, 0.5) is 4.79 Å². The first-order valence-electron chi connectivity index (χ1n) is 12.8. The molecule has 0 bridgehead atoms. The second-order valence-electron chi connectivity index (χ2n) is 9.49. The first-order valence-corrected chi connectivity index (χ1v) is 14.0. The summed E-state index contributed by atoms with van der Waals surface area (Å²) < 4.78 is 51.9. The predicted octanol–water partition coefficient (Wildman–Crippen LogP) is 1.76. The number of alkyl halides is 3. The zero-order valence-corrected chi connectivity index (χ0v) is 26.1. The van der Waals surface area contributed by atoms with Crippen molar-refractivity contribution in [3.63, 3.8) is 0 Å². The third kappa shape index (κ3) is 9.59. The highest BCUT2D eigenvalue weighted by molar-refractivity contribution is 6.76. The van der Waals surface area contributed by atoms with Crippen molar-refractivity contribution >= 4 is 70.7 Å². The molecule has 0 aromatic carbocycles. The molecule has 0 aromatic heterocycles. The molecule has 0 aromatic rings. The van der Waals surface area contributed by atoms with Gasteiger partial charge in [-0.3, -0.25) is 24.6 Å². The lowest BCUT2D eigenvalue weighted by atomic mass is 9.95. The van der Waals surface area contributed by atoms with Gasteiger partial charge in [0.15, 0.2) is 30.7 Å². The maximum atomic E-state index is 12.2. The molecule has 0 spiro atoms. The lowest BCUT2D eigenvalue weighted by Gasteiger charge is -2.47. The summed E-state index contributed by atoms with van der Waals surface area (Å²) in [6, 6.07) is -1.69. The average molecular weight is 706 g/mol. The minimum atomic E-state index is -2.42. The van der Waals surface area contributed by atoms with Crippen LogP contribution in [0.1, 0.15) is 27.7 Å². The highest BCUT2D eigenvalue weighted by atomic mass is 35.6. The van der Waals surface area contributed by atoms with Crippen molar-refractivity contribution in [3.8, 4) is 0 Å². The molecule has 3 aliphatic heterocycles. The highest BCUT2D eigenvalue weighted by Crippen LogP contribution is 2.38. The lowest BCUT2D eigenvalue weighted by molar-refractivity contribution is -0.331. The van der Waals surface area contributed by atoms with Gasteiger partial charge in [0, 0.05) is 32.6 Å². The van der Waals surface area contributed by atoms with Crippen molar-refractivity contribution in [1.82, 2.24) is 0 Å². The van der Waals surface area contributed by atoms with Gasteiger partial charge < -0.3 is 47.4 Å². The minimum absolute atomic E-state index is 0.484. The van der Waals surface area contributed by atoms with E-state index in [1.165, 1.54) is 0 Å². The van der Waals surface area contributed by atoms with Crippen molar-refractivity contribution in [2.45, 2.75) is 92.8 Å². The van der Waals surface area contributed by atoms with Crippen LogP contribution in [-0.4, -0.2) is 114 Å². The molecule has 10 atom stereocenters. The molecule has 3 aliphatic rings. The minimum Gasteiger partial charge on any atom is -0.463 e. The van der Waals surface area contributed by atoms with Gasteiger partial charge in [-0.05, 0) is 5.53 Å². The summed E-state index contributed by atoms with van der Waals surface area (Å²) >= 11 is 17.3. The number of ether oxygens (including phenoxy) is 10. The van der Waals surface area contributed by atoms with Crippen LogP contribution in [0.2, 0.25) is 0 Å². The Bertz CT molecular complexity index is 1230. The van der Waals surface area contributed by atoms with Gasteiger partial charge in [0.05, 0.1) is 0 Å². The fourth-order valence-corrected chi connectivity index (χ4v) is 4.63. The van der Waals surface area contributed by atoms with Gasteiger partial charge >= 0.3 is 30.0 Å². The average Bonchev–Trinajstić information content (AvgIpc) is 3.31. The maximum absolute atomic E-state index is 12.2. The summed E-state index contributed by atoms with van der Waals surface area (Å²) in [5.74, 6) is -4.25. The molecule has 0 amide bonds. The summed E-state index contributed by atoms with van der Waals surface area (Å²) in [4.78, 5) is 62.3. The van der Waals surface area contributed by atoms with Crippen LogP contribution in [-0.2, 0) is 66.5 Å². The number of hydrogen-bond donors (Lipinski definition) is 1. The molecule has 7 unspecified atom stereocenters. The quantitative estimate of drug-likeness (QED) is 0.0497. The topological polar surface area (TPSA) is 250 Å². The van der Waals surface area contributed by atoms with Gasteiger partial charge in [-0.25, -0.2) is 4.79 Å². The SMILES string of the molecule is CC(=O)OCC1OC(OC(=N)C(Cl)(Cl)Cl)C(N=[N+]=[N-])[C@@H](O[C@@H]2OC(COC(C)=O)C3OC(=O)O[C@@H]3C2OC(C)=O)C1OC(C)=O. The molecule has 0 radical (unpaired) electrons. The van der Waals surface area contributed by atoms with E-state index in [0.717, 1.165) is 27.7 Å². The zero-order valence-electron chi connectivity index (χ0n) is 23.8. The van der Waals surface area contributed by atoms with E-state index < -0.39 is 114 Å². The Hall–Kier alpha value is -3.32. The number of nitrogens with one attached hydrogen (secondary N) is 1. The highest BCUT2D eigenvalue weighted by Gasteiger charge is 2.59. The van der Waals surface area contributed by atoms with Crippen molar-refractivity contribution in [2.24, 2.45) is 5.11 Å². The van der Waals surface area contributed by atoms with Crippen LogP contribution in [0, 0.1) is 5.41 Å². The Morgan fingerprint density at radius 3 is 1.89 bits per heavy atom. The molecule has 19 nitrogen and oxygen atoms in total. The Morgan fingerprint density at radius 1 is 0.822 bits per heavy atom. The number of hydrogen-bond acceptors (Lipinski definition) is 17. The Balaban J connectivity index is 2.10. The maximum Gasteiger partial charge on any atom is 0.509 e. The van der Waals surface area contributed by atoms with E-state index in [4.69, 9.17) is 87.6 Å². The molecule has 0 aliphatic carbocycles. The molecule has 3 heterocycles. The fourth-order valence-electron chi connectivity index (χ4n) is 4.50. The third-order valence-electron chi connectivity index (χ3n) is 6.14. The Morgan fingerprint density at radius 2 is 1.36 bits per heavy atom. The number of nitrogens with zero attached hydrogens (tertiary/aromatic N) is 3. The molecular weight excluding hydrogens is 679 g/mol. The summed E-state index contributed by atoms with van der Waals surface area (Å²) in [6.07, 6.45) is -14.8. The first-order chi connectivity index (χ1) is 21.0. The number of halogens is 3. The van der Waals surface area contributed by atoms with Crippen molar-refractivity contribution in [1.29, 1.82) is 5.41 Å². The van der Waals surface area contributed by atoms with E-state index in [1.807, 2.05) is 0 Å². The Kier molecular flexibility index (Phi) is 12.3. The van der Waals surface area contributed by atoms with Crippen LogP contribution < -0.4 is 0 Å². The van der Waals surface area contributed by atoms with Crippen molar-refractivity contribution in [2.75, 3.05) is 13.2 Å². The molecule has 3 fully saturated rings. The van der Waals surface area contributed by atoms with E-state index in [1.54, 1.807) is 0 Å². The molecule has 3 rings (SSSR count). The molecule has 3 saturated heterocycles. The van der Waals surface area contributed by atoms with Gasteiger partial charge in [-0.1, -0.05) is 39.9 Å². The number of carbonyl (C=O) groups excluding carboxylic acids is 5. The second-order valence-corrected chi connectivity index (χ2v) is 11.8. The monoisotopic (exact) mass is 704 g/mol. The van der Waals surface area contributed by atoms with Crippen molar-refractivity contribution in [3.05, 3.63) is 10.4 Å². The predicted molar refractivity (Wildman–Crippen MR) is 144 cm³/mol. The molecule has 45 heavy (non-hydrogen) atoms. The number of esters is 4. The summed E-state index contributed by atoms with van der Waals surface area (Å²) in [5.41, 5.74) is 9.41. The van der Waals surface area contributed by atoms with E-state index in [-0.39, 0.29) is 0 Å². The van der Waals surface area contributed by atoms with Crippen LogP contribution in [0.15, 0.2) is 5.11 Å². The first kappa shape index (κ1) is 36.2. The largest absolute Gasteiger partial charge is 0.509 e. The third-order valence-corrected chi connectivity index (χ3v) is 6.66. The van der Waals surface area contributed by atoms with Gasteiger partial charge in [-0.15, -0.1) is 0 Å². The number of carbonyl (C=O) groups is 5. The number of fused-ring (bicyclic) bond motifs is 1. The molecule has 22 heteroatoms. The van der Waals surface area contributed by atoms with Gasteiger partial charge in [0.2, 0.25) is 12.2 Å². The van der Waals surface area contributed by atoms with Crippen molar-refractivity contribution < 1.29 is 71.3 Å². The van der Waals surface area contributed by atoms with E-state index in [9.17, 15) is 29.5 Å². The van der Waals surface area contributed by atoms with E-state index in [0.29, 0.717) is 0 Å². The smallest absolute Gasteiger partial charge is 0.463 e. The summed E-state index contributed by atoms with van der Waals surface area (Å²) in [7, 11) is 0. The summed E-state index contributed by atoms with van der Waals surface area (Å²) in [5, 5.41) is 11.6. The van der Waals surface area contributed by atoms with E-state index >= 15 is 0 Å². The van der Waals surface area contributed by atoms with Crippen LogP contribution in [0.3, 0.4) is 0 Å². The Labute approximate surface area is 268 Å². The normalized spacial score (nSPS) is 32.4. The van der Waals surface area contributed by atoms with Gasteiger partial charge in [0.1, 0.15) is 37.6 Å². The van der Waals surface area contributed by atoms with Gasteiger partial charge in [-0.2, -0.15) is 0 Å². The molecular formula is C23H27Cl3N4O15.